The smallest absolute Gasteiger partial charge is 0.238 e. The number of benzene rings is 1. The van der Waals surface area contributed by atoms with Crippen molar-refractivity contribution in [1.29, 1.82) is 0 Å². The quantitative estimate of drug-likeness (QED) is 0.834. The summed E-state index contributed by atoms with van der Waals surface area (Å²) in [6, 6.07) is 6.02. The molecule has 0 N–H and O–H groups in total. The molecule has 0 spiro atoms. The molecule has 3 rings (SSSR count). The third kappa shape index (κ3) is 4.11. The lowest BCUT2D eigenvalue weighted by Crippen LogP contribution is -2.37. The molecule has 1 aromatic carbocycles. The number of carbonyl (C=O) groups excluding carboxylic acids is 1. The van der Waals surface area contributed by atoms with E-state index in [0.29, 0.717) is 18.8 Å². The SMILES string of the molecule is CN(C)CC(=O)N1CCCC1c1cncc(Oc2ccccc2F)n1. The van der Waals surface area contributed by atoms with Crippen LogP contribution in [-0.4, -0.2) is 52.9 Å². The summed E-state index contributed by atoms with van der Waals surface area (Å²) in [7, 11) is 3.73. The van der Waals surface area contributed by atoms with Gasteiger partial charge >= 0.3 is 0 Å². The predicted octanol–water partition coefficient (Wildman–Crippen LogP) is 2.63. The largest absolute Gasteiger partial charge is 0.434 e. The van der Waals surface area contributed by atoms with Gasteiger partial charge in [0.05, 0.1) is 30.7 Å². The first-order valence-corrected chi connectivity index (χ1v) is 8.23. The second-order valence-electron chi connectivity index (χ2n) is 6.30. The molecule has 25 heavy (non-hydrogen) atoms. The molecular formula is C18H21FN4O2. The van der Waals surface area contributed by atoms with Crippen molar-refractivity contribution in [3.63, 3.8) is 0 Å². The lowest BCUT2D eigenvalue weighted by molar-refractivity contribution is -0.132. The molecule has 1 fully saturated rings. The van der Waals surface area contributed by atoms with Gasteiger partial charge in [-0.1, -0.05) is 12.1 Å². The molecule has 1 aliphatic heterocycles. The minimum Gasteiger partial charge on any atom is -0.434 e. The third-order valence-corrected chi connectivity index (χ3v) is 4.05. The number of para-hydroxylation sites is 1. The average Bonchev–Trinajstić information content (AvgIpc) is 3.06. The van der Waals surface area contributed by atoms with Crippen LogP contribution < -0.4 is 4.74 Å². The number of halogens is 1. The third-order valence-electron chi connectivity index (χ3n) is 4.05. The summed E-state index contributed by atoms with van der Waals surface area (Å²) in [4.78, 5) is 24.7. The molecule has 1 unspecified atom stereocenters. The second-order valence-corrected chi connectivity index (χ2v) is 6.30. The topological polar surface area (TPSA) is 58.6 Å². The van der Waals surface area contributed by atoms with E-state index in [1.165, 1.54) is 18.3 Å². The van der Waals surface area contributed by atoms with E-state index in [0.717, 1.165) is 12.8 Å². The highest BCUT2D eigenvalue weighted by Gasteiger charge is 2.31. The Kier molecular flexibility index (Phi) is 5.23. The molecular weight excluding hydrogens is 323 g/mol. The fraction of sp³-hybridized carbons (Fsp3) is 0.389. The molecule has 0 radical (unpaired) electrons. The van der Waals surface area contributed by atoms with Crippen LogP contribution in [0.25, 0.3) is 0 Å². The second kappa shape index (κ2) is 7.57. The van der Waals surface area contributed by atoms with Crippen LogP contribution in [0.2, 0.25) is 0 Å². The lowest BCUT2D eigenvalue weighted by atomic mass is 10.1. The number of carbonyl (C=O) groups is 1. The standard InChI is InChI=1S/C18H21FN4O2/c1-22(2)12-18(24)23-9-5-7-15(23)14-10-20-11-17(21-14)25-16-8-4-3-6-13(16)19/h3-4,6,8,10-11,15H,5,7,9,12H2,1-2H3. The molecule has 6 nitrogen and oxygen atoms in total. The first-order chi connectivity index (χ1) is 12.0. The van der Waals surface area contributed by atoms with Crippen LogP contribution in [0.4, 0.5) is 4.39 Å². The molecule has 1 aliphatic rings. The lowest BCUT2D eigenvalue weighted by Gasteiger charge is -2.25. The van der Waals surface area contributed by atoms with Crippen molar-refractivity contribution in [3.05, 3.63) is 48.2 Å². The Labute approximate surface area is 146 Å². The van der Waals surface area contributed by atoms with Crippen molar-refractivity contribution < 1.29 is 13.9 Å². The maximum Gasteiger partial charge on any atom is 0.238 e. The maximum atomic E-state index is 13.7. The van der Waals surface area contributed by atoms with Crippen molar-refractivity contribution in [1.82, 2.24) is 19.8 Å². The van der Waals surface area contributed by atoms with E-state index in [2.05, 4.69) is 9.97 Å². The maximum absolute atomic E-state index is 13.7. The van der Waals surface area contributed by atoms with E-state index in [9.17, 15) is 9.18 Å². The molecule has 1 aromatic heterocycles. The number of aromatic nitrogens is 2. The molecule has 0 saturated carbocycles. The van der Waals surface area contributed by atoms with Gasteiger partial charge in [-0.25, -0.2) is 9.37 Å². The van der Waals surface area contributed by atoms with E-state index < -0.39 is 5.82 Å². The van der Waals surface area contributed by atoms with Gasteiger partial charge in [0.15, 0.2) is 11.6 Å². The van der Waals surface area contributed by atoms with E-state index in [4.69, 9.17) is 4.74 Å². The number of hydrogen-bond donors (Lipinski definition) is 0. The van der Waals surface area contributed by atoms with Crippen LogP contribution in [0, 0.1) is 5.82 Å². The number of likely N-dealkylation sites (tertiary alicyclic amines) is 1. The van der Waals surface area contributed by atoms with Crippen molar-refractivity contribution in [2.45, 2.75) is 18.9 Å². The van der Waals surface area contributed by atoms with Crippen LogP contribution in [0.5, 0.6) is 11.6 Å². The Morgan fingerprint density at radius 1 is 1.36 bits per heavy atom. The zero-order valence-electron chi connectivity index (χ0n) is 14.4. The molecule has 2 heterocycles. The number of ether oxygens (including phenoxy) is 1. The molecule has 7 heteroatoms. The van der Waals surface area contributed by atoms with Crippen LogP contribution in [0.3, 0.4) is 0 Å². The van der Waals surface area contributed by atoms with Gasteiger partial charge < -0.3 is 14.5 Å². The van der Waals surface area contributed by atoms with Crippen molar-refractivity contribution in [2.24, 2.45) is 0 Å². The fourth-order valence-electron chi connectivity index (χ4n) is 2.95. The highest BCUT2D eigenvalue weighted by molar-refractivity contribution is 5.79. The number of hydrogen-bond acceptors (Lipinski definition) is 5. The molecule has 132 valence electrons. The Morgan fingerprint density at radius 3 is 2.92 bits per heavy atom. The normalized spacial score (nSPS) is 17.1. The van der Waals surface area contributed by atoms with E-state index >= 15 is 0 Å². The van der Waals surface area contributed by atoms with Gasteiger partial charge in [0.2, 0.25) is 11.8 Å². The van der Waals surface area contributed by atoms with Gasteiger partial charge in [0.25, 0.3) is 0 Å². The van der Waals surface area contributed by atoms with Gasteiger partial charge in [-0.3, -0.25) is 9.78 Å². The summed E-state index contributed by atoms with van der Waals surface area (Å²) in [5, 5.41) is 0. The molecule has 0 bridgehead atoms. The predicted molar refractivity (Wildman–Crippen MR) is 90.7 cm³/mol. The Morgan fingerprint density at radius 2 is 2.16 bits per heavy atom. The monoisotopic (exact) mass is 344 g/mol. The first-order valence-electron chi connectivity index (χ1n) is 8.23. The summed E-state index contributed by atoms with van der Waals surface area (Å²) in [5.74, 6) is -0.0801. The van der Waals surface area contributed by atoms with Gasteiger partial charge in [-0.15, -0.1) is 0 Å². The fourth-order valence-corrected chi connectivity index (χ4v) is 2.95. The molecule has 0 aliphatic carbocycles. The summed E-state index contributed by atoms with van der Waals surface area (Å²) in [5.41, 5.74) is 0.665. The van der Waals surface area contributed by atoms with Crippen LogP contribution in [0.15, 0.2) is 36.7 Å². The van der Waals surface area contributed by atoms with E-state index in [1.54, 1.807) is 18.3 Å². The minimum atomic E-state index is -0.460. The van der Waals surface area contributed by atoms with Gasteiger partial charge in [-0.2, -0.15) is 0 Å². The Hall–Kier alpha value is -2.54. The van der Waals surface area contributed by atoms with Gasteiger partial charge in [0, 0.05) is 6.54 Å². The highest BCUT2D eigenvalue weighted by Crippen LogP contribution is 2.32. The average molecular weight is 344 g/mol. The van der Waals surface area contributed by atoms with Crippen molar-refractivity contribution in [3.8, 4) is 11.6 Å². The number of likely N-dealkylation sites (N-methyl/N-ethyl adjacent to an activating group) is 1. The zero-order valence-corrected chi connectivity index (χ0v) is 14.4. The number of rotatable bonds is 5. The number of nitrogens with zero attached hydrogens (tertiary/aromatic N) is 4. The van der Waals surface area contributed by atoms with Crippen LogP contribution >= 0.6 is 0 Å². The Balaban J connectivity index is 1.78. The van der Waals surface area contributed by atoms with Crippen molar-refractivity contribution in [2.75, 3.05) is 27.2 Å². The molecule has 1 saturated heterocycles. The van der Waals surface area contributed by atoms with Crippen LogP contribution in [-0.2, 0) is 4.79 Å². The Bertz CT molecular complexity index is 753. The molecule has 1 atom stereocenters. The summed E-state index contributed by atoms with van der Waals surface area (Å²) >= 11 is 0. The molecule has 1 amide bonds. The summed E-state index contributed by atoms with van der Waals surface area (Å²) in [6.45, 7) is 1.06. The first kappa shape index (κ1) is 17.3. The molecule has 2 aromatic rings. The summed E-state index contributed by atoms with van der Waals surface area (Å²) < 4.78 is 19.2. The minimum absolute atomic E-state index is 0.0646. The summed E-state index contributed by atoms with van der Waals surface area (Å²) in [6.07, 6.45) is 4.83. The van der Waals surface area contributed by atoms with E-state index in [1.807, 2.05) is 23.9 Å². The highest BCUT2D eigenvalue weighted by atomic mass is 19.1. The van der Waals surface area contributed by atoms with E-state index in [-0.39, 0.29) is 23.6 Å². The van der Waals surface area contributed by atoms with Crippen LogP contribution in [0.1, 0.15) is 24.6 Å². The zero-order chi connectivity index (χ0) is 17.8. The van der Waals surface area contributed by atoms with Gasteiger partial charge in [-0.05, 0) is 39.1 Å². The number of amides is 1. The van der Waals surface area contributed by atoms with Gasteiger partial charge in [0.1, 0.15) is 0 Å². The van der Waals surface area contributed by atoms with Crippen molar-refractivity contribution >= 4 is 5.91 Å².